The maximum atomic E-state index is 13.7. The van der Waals surface area contributed by atoms with E-state index in [2.05, 4.69) is 26.0 Å². The number of carbonyl (C=O) groups is 1. The van der Waals surface area contributed by atoms with Gasteiger partial charge in [0.05, 0.1) is 10.7 Å². The molecule has 6 nitrogen and oxygen atoms in total. The van der Waals surface area contributed by atoms with Crippen LogP contribution < -0.4 is 5.73 Å². The third-order valence-electron chi connectivity index (χ3n) is 4.13. The summed E-state index contributed by atoms with van der Waals surface area (Å²) in [5.41, 5.74) is 5.65. The summed E-state index contributed by atoms with van der Waals surface area (Å²) in [6, 6.07) is 4.52. The van der Waals surface area contributed by atoms with E-state index in [9.17, 15) is 9.18 Å². The van der Waals surface area contributed by atoms with Crippen molar-refractivity contribution >= 4 is 27.8 Å². The highest BCUT2D eigenvalue weighted by Gasteiger charge is 2.50. The van der Waals surface area contributed by atoms with Crippen molar-refractivity contribution in [1.82, 2.24) is 14.7 Å². The van der Waals surface area contributed by atoms with Crippen LogP contribution in [0.3, 0.4) is 0 Å². The predicted octanol–water partition coefficient (Wildman–Crippen LogP) is 2.40. The van der Waals surface area contributed by atoms with Gasteiger partial charge in [-0.25, -0.2) is 9.38 Å². The van der Waals surface area contributed by atoms with Crippen molar-refractivity contribution in [3.63, 3.8) is 0 Å². The number of hydrogen-bond donors (Lipinski definition) is 1. The number of nitrogens with zero attached hydrogens (tertiary/aromatic N) is 4. The Hall–Kier alpha value is -2.22. The summed E-state index contributed by atoms with van der Waals surface area (Å²) in [5.74, 6) is -0.609. The first-order chi connectivity index (χ1) is 11.3. The lowest BCUT2D eigenvalue weighted by molar-refractivity contribution is -0.129. The Labute approximate surface area is 147 Å². The molecule has 0 spiro atoms. The van der Waals surface area contributed by atoms with E-state index >= 15 is 0 Å². The van der Waals surface area contributed by atoms with Crippen LogP contribution >= 0.6 is 15.9 Å². The van der Waals surface area contributed by atoms with Crippen molar-refractivity contribution in [2.45, 2.75) is 25.4 Å². The number of aliphatic imine (C=N–C) groups is 1. The number of aromatic nitrogens is 2. The summed E-state index contributed by atoms with van der Waals surface area (Å²) in [6.45, 7) is 3.97. The van der Waals surface area contributed by atoms with Gasteiger partial charge in [-0.15, -0.1) is 0 Å². The second kappa shape index (κ2) is 5.70. The number of guanidine groups is 1. The maximum Gasteiger partial charge on any atom is 0.266 e. The molecule has 2 aromatic rings. The minimum atomic E-state index is -1.36. The van der Waals surface area contributed by atoms with Crippen molar-refractivity contribution in [3.8, 4) is 0 Å². The highest BCUT2D eigenvalue weighted by Crippen LogP contribution is 2.40. The third-order valence-corrected chi connectivity index (χ3v) is 4.73. The normalized spacial score (nSPS) is 20.8. The zero-order valence-corrected chi connectivity index (χ0v) is 15.1. The molecule has 1 unspecified atom stereocenters. The van der Waals surface area contributed by atoms with E-state index in [1.165, 1.54) is 11.0 Å². The average molecular weight is 394 g/mol. The van der Waals surface area contributed by atoms with E-state index < -0.39 is 11.4 Å². The van der Waals surface area contributed by atoms with Crippen LogP contribution in [0.5, 0.6) is 0 Å². The van der Waals surface area contributed by atoms with E-state index in [1.807, 2.05) is 13.8 Å². The smallest absolute Gasteiger partial charge is 0.266 e. The van der Waals surface area contributed by atoms with Crippen LogP contribution in [0.4, 0.5) is 4.39 Å². The fourth-order valence-corrected chi connectivity index (χ4v) is 3.09. The first kappa shape index (κ1) is 16.6. The monoisotopic (exact) mass is 393 g/mol. The number of halogens is 2. The van der Waals surface area contributed by atoms with Gasteiger partial charge >= 0.3 is 0 Å². The third kappa shape index (κ3) is 2.32. The topological polar surface area (TPSA) is 76.5 Å². The molecule has 1 aromatic heterocycles. The van der Waals surface area contributed by atoms with E-state index in [4.69, 9.17) is 5.73 Å². The molecule has 1 aromatic carbocycles. The maximum absolute atomic E-state index is 13.7. The van der Waals surface area contributed by atoms with Crippen LogP contribution in [0.25, 0.3) is 0 Å². The van der Waals surface area contributed by atoms with Crippen molar-refractivity contribution in [2.75, 3.05) is 7.05 Å². The Bertz CT molecular complexity index is 847. The highest BCUT2D eigenvalue weighted by atomic mass is 79.9. The number of hydrogen-bond acceptors (Lipinski definition) is 4. The van der Waals surface area contributed by atoms with Crippen molar-refractivity contribution in [1.29, 1.82) is 0 Å². The molecule has 0 aliphatic carbocycles. The van der Waals surface area contributed by atoms with Gasteiger partial charge in [-0.2, -0.15) is 5.10 Å². The molecule has 1 atom stereocenters. The lowest BCUT2D eigenvalue weighted by atomic mass is 9.84. The van der Waals surface area contributed by atoms with Crippen LogP contribution in [0, 0.1) is 5.82 Å². The standard InChI is InChI=1S/C16H17BrFN5O/c1-9(2)23-8-11(7-20-23)16(14(24)22(3)15(19)21-16)10-4-5-13(18)12(17)6-10/h4-9H,1-3H3,(H2,19,21). The number of carbonyl (C=O) groups excluding carboxylic acids is 1. The molecule has 0 saturated carbocycles. The Balaban J connectivity index is 2.25. The minimum absolute atomic E-state index is 0.109. The average Bonchev–Trinajstić information content (AvgIpc) is 3.11. The van der Waals surface area contributed by atoms with Gasteiger partial charge in [-0.1, -0.05) is 6.07 Å². The molecule has 0 bridgehead atoms. The zero-order valence-electron chi connectivity index (χ0n) is 13.5. The van der Waals surface area contributed by atoms with Gasteiger partial charge in [-0.3, -0.25) is 14.4 Å². The van der Waals surface area contributed by atoms with Gasteiger partial charge in [0.25, 0.3) is 5.91 Å². The van der Waals surface area contributed by atoms with Crippen LogP contribution in [0.2, 0.25) is 0 Å². The van der Waals surface area contributed by atoms with E-state index in [1.54, 1.807) is 36.3 Å². The number of amides is 1. The summed E-state index contributed by atoms with van der Waals surface area (Å²) in [5, 5.41) is 4.31. The van der Waals surface area contributed by atoms with E-state index in [0.717, 1.165) is 0 Å². The Morgan fingerprint density at radius 1 is 1.33 bits per heavy atom. The minimum Gasteiger partial charge on any atom is -0.369 e. The van der Waals surface area contributed by atoms with Crippen LogP contribution in [-0.4, -0.2) is 33.6 Å². The van der Waals surface area contributed by atoms with Crippen molar-refractivity contribution in [2.24, 2.45) is 10.7 Å². The van der Waals surface area contributed by atoms with Crippen LogP contribution in [0.1, 0.15) is 31.0 Å². The second-order valence-corrected chi connectivity index (χ2v) is 6.83. The van der Waals surface area contributed by atoms with Gasteiger partial charge in [0, 0.05) is 24.8 Å². The van der Waals surface area contributed by atoms with Crippen LogP contribution in [-0.2, 0) is 10.3 Å². The molecule has 1 aliphatic heterocycles. The predicted molar refractivity (Wildman–Crippen MR) is 91.9 cm³/mol. The van der Waals surface area contributed by atoms with Gasteiger partial charge in [-0.05, 0) is 47.5 Å². The second-order valence-electron chi connectivity index (χ2n) is 5.98. The summed E-state index contributed by atoms with van der Waals surface area (Å²) in [4.78, 5) is 18.7. The van der Waals surface area contributed by atoms with Gasteiger partial charge < -0.3 is 5.73 Å². The summed E-state index contributed by atoms with van der Waals surface area (Å²) >= 11 is 3.17. The fraction of sp³-hybridized carbons (Fsp3) is 0.312. The lowest BCUT2D eigenvalue weighted by Crippen LogP contribution is -2.41. The lowest BCUT2D eigenvalue weighted by Gasteiger charge is -2.24. The van der Waals surface area contributed by atoms with Gasteiger partial charge in [0.2, 0.25) is 0 Å². The van der Waals surface area contributed by atoms with Crippen LogP contribution in [0.15, 0.2) is 40.1 Å². The number of nitrogens with two attached hydrogens (primary N) is 1. The van der Waals surface area contributed by atoms with Gasteiger partial charge in [0.15, 0.2) is 11.5 Å². The molecule has 2 N–H and O–H groups in total. The summed E-state index contributed by atoms with van der Waals surface area (Å²) in [6.07, 6.45) is 3.38. The van der Waals surface area contributed by atoms with E-state index in [-0.39, 0.29) is 22.4 Å². The molecule has 24 heavy (non-hydrogen) atoms. The molecule has 126 valence electrons. The molecule has 2 heterocycles. The molecule has 3 rings (SSSR count). The molecule has 0 saturated heterocycles. The van der Waals surface area contributed by atoms with Gasteiger partial charge in [0.1, 0.15) is 5.82 Å². The first-order valence-corrected chi connectivity index (χ1v) is 8.20. The van der Waals surface area contributed by atoms with E-state index in [0.29, 0.717) is 11.1 Å². The molecular weight excluding hydrogens is 377 g/mol. The fourth-order valence-electron chi connectivity index (χ4n) is 2.71. The molecule has 0 fully saturated rings. The largest absolute Gasteiger partial charge is 0.369 e. The summed E-state index contributed by atoms with van der Waals surface area (Å²) in [7, 11) is 1.56. The number of rotatable bonds is 3. The molecular formula is C16H17BrFN5O. The molecule has 8 heteroatoms. The molecule has 0 radical (unpaired) electrons. The Morgan fingerprint density at radius 3 is 2.54 bits per heavy atom. The Kier molecular flexibility index (Phi) is 3.95. The van der Waals surface area contributed by atoms with Crippen molar-refractivity contribution in [3.05, 3.63) is 52.0 Å². The first-order valence-electron chi connectivity index (χ1n) is 7.41. The number of benzene rings is 1. The molecule has 1 aliphatic rings. The number of likely N-dealkylation sites (N-methyl/N-ethyl adjacent to an activating group) is 1. The molecule has 1 amide bonds. The summed E-state index contributed by atoms with van der Waals surface area (Å²) < 4.78 is 15.7. The SMILES string of the molecule is CC(C)n1cc(C2(c3ccc(F)c(Br)c3)N=C(N)N(C)C2=O)cn1. The zero-order chi connectivity index (χ0) is 17.6. The highest BCUT2D eigenvalue weighted by molar-refractivity contribution is 9.10. The quantitative estimate of drug-likeness (QED) is 0.869. The van der Waals surface area contributed by atoms with Crippen molar-refractivity contribution < 1.29 is 9.18 Å². The Morgan fingerprint density at radius 2 is 2.04 bits per heavy atom.